The van der Waals surface area contributed by atoms with Crippen LogP contribution in [0, 0.1) is 3.57 Å². The number of benzene rings is 1. The molecule has 0 saturated heterocycles. The molecule has 0 spiro atoms. The molecule has 1 aromatic rings. The van der Waals surface area contributed by atoms with Crippen LogP contribution in [0.4, 0.5) is 0 Å². The number of hydrogen-bond acceptors (Lipinski definition) is 3. The summed E-state index contributed by atoms with van der Waals surface area (Å²) in [6.07, 6.45) is 0.230. The molecule has 0 radical (unpaired) electrons. The van der Waals surface area contributed by atoms with Crippen molar-refractivity contribution in [3.8, 4) is 0 Å². The van der Waals surface area contributed by atoms with Gasteiger partial charge in [-0.2, -0.15) is 0 Å². The molecule has 5 nitrogen and oxygen atoms in total. The third kappa shape index (κ3) is 5.00. The van der Waals surface area contributed by atoms with Crippen molar-refractivity contribution in [3.63, 3.8) is 0 Å². The number of carboxylic acid groups (broad SMARTS) is 1. The molecule has 0 aromatic heterocycles. The maximum Gasteiger partial charge on any atom is 0.303 e. The van der Waals surface area contributed by atoms with Gasteiger partial charge in [0, 0.05) is 16.5 Å². The summed E-state index contributed by atoms with van der Waals surface area (Å²) in [5.74, 6) is -0.932. The zero-order valence-corrected chi connectivity index (χ0v) is 11.9. The van der Waals surface area contributed by atoms with Crippen molar-refractivity contribution < 1.29 is 18.3 Å². The largest absolute Gasteiger partial charge is 0.481 e. The molecule has 0 fully saturated rings. The maximum absolute atomic E-state index is 11.7. The first-order valence-electron chi connectivity index (χ1n) is 4.89. The van der Waals surface area contributed by atoms with Gasteiger partial charge >= 0.3 is 5.97 Å². The minimum absolute atomic E-state index is 0.0464. The summed E-state index contributed by atoms with van der Waals surface area (Å²) in [6, 6.07) is 6.43. The lowest BCUT2D eigenvalue weighted by Gasteiger charge is -2.05. The van der Waals surface area contributed by atoms with Crippen LogP contribution in [-0.2, 0) is 14.8 Å². The molecule has 0 amide bonds. The summed E-state index contributed by atoms with van der Waals surface area (Å²) in [5, 5.41) is 8.41. The molecule has 17 heavy (non-hydrogen) atoms. The molecule has 0 atom stereocenters. The second-order valence-electron chi connectivity index (χ2n) is 3.35. The first-order chi connectivity index (χ1) is 7.92. The lowest BCUT2D eigenvalue weighted by molar-refractivity contribution is -0.137. The number of hydrogen-bond donors (Lipinski definition) is 2. The second kappa shape index (κ2) is 6.31. The molecule has 0 saturated carbocycles. The average molecular weight is 369 g/mol. The van der Waals surface area contributed by atoms with E-state index in [9.17, 15) is 13.2 Å². The van der Waals surface area contributed by atoms with E-state index >= 15 is 0 Å². The van der Waals surface area contributed by atoms with Crippen LogP contribution in [-0.4, -0.2) is 26.0 Å². The molecular weight excluding hydrogens is 357 g/mol. The predicted molar refractivity (Wildman–Crippen MR) is 71.2 cm³/mol. The summed E-state index contributed by atoms with van der Waals surface area (Å²) < 4.78 is 26.8. The Balaban J connectivity index is 2.57. The van der Waals surface area contributed by atoms with Crippen LogP contribution in [0.5, 0.6) is 0 Å². The van der Waals surface area contributed by atoms with Gasteiger partial charge in [-0.15, -0.1) is 0 Å². The highest BCUT2D eigenvalue weighted by Gasteiger charge is 2.12. The van der Waals surface area contributed by atoms with Crippen molar-refractivity contribution in [1.29, 1.82) is 0 Å². The van der Waals surface area contributed by atoms with E-state index in [2.05, 4.69) is 27.3 Å². The third-order valence-corrected chi connectivity index (χ3v) is 4.18. The SMILES string of the molecule is O=C(O)CCCNS(=O)(=O)c1ccc(I)cc1. The minimum atomic E-state index is -3.52. The molecule has 1 rings (SSSR count). The topological polar surface area (TPSA) is 83.5 Å². The monoisotopic (exact) mass is 369 g/mol. The zero-order chi connectivity index (χ0) is 12.9. The van der Waals surface area contributed by atoms with Crippen LogP contribution in [0.15, 0.2) is 29.2 Å². The summed E-state index contributed by atoms with van der Waals surface area (Å²) in [4.78, 5) is 10.4. The van der Waals surface area contributed by atoms with E-state index in [0.29, 0.717) is 0 Å². The summed E-state index contributed by atoms with van der Waals surface area (Å²) in [7, 11) is -3.52. The predicted octanol–water partition coefficient (Wildman–Crippen LogP) is 1.43. The fourth-order valence-corrected chi connectivity index (χ4v) is 2.58. The van der Waals surface area contributed by atoms with Gasteiger partial charge in [0.1, 0.15) is 0 Å². The maximum atomic E-state index is 11.7. The van der Waals surface area contributed by atoms with Crippen molar-refractivity contribution in [2.24, 2.45) is 0 Å². The van der Waals surface area contributed by atoms with E-state index in [1.54, 1.807) is 12.1 Å². The fraction of sp³-hybridized carbons (Fsp3) is 0.300. The van der Waals surface area contributed by atoms with Crippen molar-refractivity contribution in [3.05, 3.63) is 27.8 Å². The van der Waals surface area contributed by atoms with Crippen molar-refractivity contribution in [2.45, 2.75) is 17.7 Å². The van der Waals surface area contributed by atoms with Gasteiger partial charge in [-0.25, -0.2) is 13.1 Å². The molecule has 0 heterocycles. The molecule has 0 unspecified atom stereocenters. The van der Waals surface area contributed by atoms with Gasteiger partial charge in [-0.05, 0) is 53.3 Å². The molecule has 0 aliphatic heterocycles. The Kier molecular flexibility index (Phi) is 5.34. The second-order valence-corrected chi connectivity index (χ2v) is 6.36. The van der Waals surface area contributed by atoms with Crippen LogP contribution in [0.3, 0.4) is 0 Å². The normalized spacial score (nSPS) is 11.4. The van der Waals surface area contributed by atoms with Gasteiger partial charge in [0.15, 0.2) is 0 Å². The number of rotatable bonds is 6. The Bertz CT molecular complexity index is 484. The summed E-state index contributed by atoms with van der Waals surface area (Å²) in [6.45, 7) is 0.126. The van der Waals surface area contributed by atoms with Gasteiger partial charge in [0.25, 0.3) is 0 Å². The Labute approximate surface area is 113 Å². The number of sulfonamides is 1. The smallest absolute Gasteiger partial charge is 0.303 e. The molecule has 0 aliphatic carbocycles. The number of carbonyl (C=O) groups is 1. The van der Waals surface area contributed by atoms with Crippen LogP contribution >= 0.6 is 22.6 Å². The van der Waals surface area contributed by atoms with Gasteiger partial charge in [-0.1, -0.05) is 0 Å². The van der Waals surface area contributed by atoms with Crippen LogP contribution in [0.1, 0.15) is 12.8 Å². The molecule has 2 N–H and O–H groups in total. The van der Waals surface area contributed by atoms with Crippen molar-refractivity contribution >= 4 is 38.6 Å². The highest BCUT2D eigenvalue weighted by Crippen LogP contribution is 2.11. The molecular formula is C10H12INO4S. The van der Waals surface area contributed by atoms with Gasteiger partial charge in [-0.3, -0.25) is 4.79 Å². The minimum Gasteiger partial charge on any atom is -0.481 e. The van der Waals surface area contributed by atoms with E-state index in [-0.39, 0.29) is 24.3 Å². The first-order valence-corrected chi connectivity index (χ1v) is 7.45. The summed E-state index contributed by atoms with van der Waals surface area (Å²) >= 11 is 2.09. The zero-order valence-electron chi connectivity index (χ0n) is 8.89. The van der Waals surface area contributed by atoms with E-state index < -0.39 is 16.0 Å². The molecule has 94 valence electrons. The molecule has 7 heteroatoms. The first kappa shape index (κ1) is 14.4. The van der Waals surface area contributed by atoms with Crippen molar-refractivity contribution in [2.75, 3.05) is 6.54 Å². The molecule has 0 aliphatic rings. The Morgan fingerprint density at radius 2 is 1.88 bits per heavy atom. The molecule has 0 bridgehead atoms. The lowest BCUT2D eigenvalue weighted by atomic mass is 10.3. The fourth-order valence-electron chi connectivity index (χ4n) is 1.14. The van der Waals surface area contributed by atoms with Crippen molar-refractivity contribution in [1.82, 2.24) is 4.72 Å². The van der Waals surface area contributed by atoms with Gasteiger partial charge in [0.05, 0.1) is 4.90 Å². The highest BCUT2D eigenvalue weighted by molar-refractivity contribution is 14.1. The molecule has 1 aromatic carbocycles. The van der Waals surface area contributed by atoms with E-state index in [1.807, 2.05) is 0 Å². The van der Waals surface area contributed by atoms with E-state index in [1.165, 1.54) is 12.1 Å². The van der Waals surface area contributed by atoms with Gasteiger partial charge < -0.3 is 5.11 Å². The highest BCUT2D eigenvalue weighted by atomic mass is 127. The standard InChI is InChI=1S/C10H12INO4S/c11-8-3-5-9(6-4-8)17(15,16)12-7-1-2-10(13)14/h3-6,12H,1-2,7H2,(H,13,14). The average Bonchev–Trinajstić information content (AvgIpc) is 2.25. The third-order valence-electron chi connectivity index (χ3n) is 1.98. The number of aliphatic carboxylic acids is 1. The summed E-state index contributed by atoms with van der Waals surface area (Å²) in [5.41, 5.74) is 0. The van der Waals surface area contributed by atoms with Crippen LogP contribution < -0.4 is 4.72 Å². The Hall–Kier alpha value is -0.670. The quantitative estimate of drug-likeness (QED) is 0.587. The van der Waals surface area contributed by atoms with Gasteiger partial charge in [0.2, 0.25) is 10.0 Å². The number of halogens is 1. The van der Waals surface area contributed by atoms with E-state index in [4.69, 9.17) is 5.11 Å². The van der Waals surface area contributed by atoms with E-state index in [0.717, 1.165) is 3.57 Å². The van der Waals surface area contributed by atoms with Crippen LogP contribution in [0.25, 0.3) is 0 Å². The van der Waals surface area contributed by atoms with Crippen LogP contribution in [0.2, 0.25) is 0 Å². The Morgan fingerprint density at radius 3 is 2.41 bits per heavy atom. The number of nitrogens with one attached hydrogen (secondary N) is 1. The number of carboxylic acids is 1. The Morgan fingerprint density at radius 1 is 1.29 bits per heavy atom. The lowest BCUT2D eigenvalue weighted by Crippen LogP contribution is -2.25.